The number of ether oxygens (including phenoxy) is 1. The van der Waals surface area contributed by atoms with Crippen LogP contribution in [0, 0.1) is 5.41 Å². The van der Waals surface area contributed by atoms with Gasteiger partial charge in [-0.1, -0.05) is 30.3 Å². The first-order valence-electron chi connectivity index (χ1n) is 10.4. The zero-order valence-electron chi connectivity index (χ0n) is 18.5. The van der Waals surface area contributed by atoms with Gasteiger partial charge in [-0.2, -0.15) is 0 Å². The van der Waals surface area contributed by atoms with E-state index in [1.807, 2.05) is 6.07 Å². The summed E-state index contributed by atoms with van der Waals surface area (Å²) >= 11 is 0. The van der Waals surface area contributed by atoms with Crippen LogP contribution in [0.25, 0.3) is 0 Å². The quantitative estimate of drug-likeness (QED) is 0.121. The zero-order chi connectivity index (χ0) is 24.2. The average molecular weight is 497 g/mol. The standard InChI is InChI=1S/C21H28N6O6.ClH/c22-20(23)24-10-4-7-15(12-28)26-17(29)11-25-19(31)16-8-9-18(30)27(16)21(32)33-13-14-5-2-1-3-6-14;/h1-3,5-6,12,15-16H,4,7-11,13H2,(H,25,31)(H,26,29)(H4,22,23,24);1H/t15-,16-;/m0./s1. The number of carbonyl (C=O) groups excluding carboxylic acids is 5. The molecule has 0 aromatic heterocycles. The van der Waals surface area contributed by atoms with Crippen molar-refractivity contribution in [2.45, 2.75) is 44.4 Å². The van der Waals surface area contributed by atoms with E-state index < -0.39 is 42.4 Å². The summed E-state index contributed by atoms with van der Waals surface area (Å²) in [7, 11) is 0. The van der Waals surface area contributed by atoms with Gasteiger partial charge in [0.25, 0.3) is 0 Å². The van der Waals surface area contributed by atoms with Crippen molar-refractivity contribution >= 4 is 48.5 Å². The van der Waals surface area contributed by atoms with Gasteiger partial charge in [-0.25, -0.2) is 9.69 Å². The van der Waals surface area contributed by atoms with Gasteiger partial charge in [0, 0.05) is 13.0 Å². The topological polar surface area (TPSA) is 184 Å². The number of aldehydes is 1. The molecule has 34 heavy (non-hydrogen) atoms. The molecule has 1 aliphatic heterocycles. The van der Waals surface area contributed by atoms with Crippen LogP contribution in [-0.4, -0.2) is 66.1 Å². The second-order valence-corrected chi connectivity index (χ2v) is 7.37. The molecule has 1 heterocycles. The second-order valence-electron chi connectivity index (χ2n) is 7.37. The van der Waals surface area contributed by atoms with E-state index in [4.69, 9.17) is 15.9 Å². The van der Waals surface area contributed by atoms with E-state index in [-0.39, 0.29) is 37.8 Å². The van der Waals surface area contributed by atoms with Crippen LogP contribution in [0.2, 0.25) is 0 Å². The first-order valence-corrected chi connectivity index (χ1v) is 10.4. The zero-order valence-corrected chi connectivity index (χ0v) is 19.3. The van der Waals surface area contributed by atoms with Gasteiger partial charge in [0.15, 0.2) is 5.96 Å². The molecule has 0 saturated carbocycles. The van der Waals surface area contributed by atoms with Crippen molar-refractivity contribution in [3.63, 3.8) is 0 Å². The fourth-order valence-corrected chi connectivity index (χ4v) is 3.21. The van der Waals surface area contributed by atoms with Crippen LogP contribution in [-0.2, 0) is 30.5 Å². The molecule has 0 spiro atoms. The lowest BCUT2D eigenvalue weighted by Crippen LogP contribution is -2.50. The van der Waals surface area contributed by atoms with E-state index in [9.17, 15) is 24.0 Å². The maximum atomic E-state index is 12.5. The number of amides is 4. The molecular weight excluding hydrogens is 468 g/mol. The van der Waals surface area contributed by atoms with Crippen LogP contribution in [0.3, 0.4) is 0 Å². The number of hydrogen-bond donors (Lipinski definition) is 5. The Labute approximate surface area is 202 Å². The minimum absolute atomic E-state index is 0. The van der Waals surface area contributed by atoms with Crippen molar-refractivity contribution in [3.8, 4) is 0 Å². The van der Waals surface area contributed by atoms with Gasteiger partial charge in [-0.3, -0.25) is 19.8 Å². The molecule has 0 aliphatic carbocycles. The van der Waals surface area contributed by atoms with Crippen LogP contribution in [0.5, 0.6) is 0 Å². The lowest BCUT2D eigenvalue weighted by molar-refractivity contribution is -0.134. The number of likely N-dealkylation sites (tertiary alicyclic amines) is 1. The number of imide groups is 1. The summed E-state index contributed by atoms with van der Waals surface area (Å²) < 4.78 is 5.16. The lowest BCUT2D eigenvalue weighted by Gasteiger charge is -2.22. The maximum Gasteiger partial charge on any atom is 0.417 e. The van der Waals surface area contributed by atoms with Crippen LogP contribution in [0.4, 0.5) is 4.79 Å². The monoisotopic (exact) mass is 496 g/mol. The van der Waals surface area contributed by atoms with Crippen LogP contribution >= 0.6 is 12.4 Å². The first-order chi connectivity index (χ1) is 15.8. The molecule has 2 atom stereocenters. The van der Waals surface area contributed by atoms with Gasteiger partial charge in [-0.15, -0.1) is 12.4 Å². The molecule has 1 saturated heterocycles. The Balaban J connectivity index is 0.00000578. The van der Waals surface area contributed by atoms with E-state index in [0.717, 1.165) is 10.5 Å². The lowest BCUT2D eigenvalue weighted by atomic mass is 10.1. The van der Waals surface area contributed by atoms with E-state index >= 15 is 0 Å². The van der Waals surface area contributed by atoms with Gasteiger partial charge >= 0.3 is 6.09 Å². The molecule has 2 rings (SSSR count). The number of guanidine groups is 1. The molecule has 186 valence electrons. The van der Waals surface area contributed by atoms with Crippen molar-refractivity contribution < 1.29 is 28.7 Å². The highest BCUT2D eigenvalue weighted by Crippen LogP contribution is 2.20. The third kappa shape index (κ3) is 9.06. The molecule has 4 amide bonds. The Morgan fingerprint density at radius 1 is 1.24 bits per heavy atom. The van der Waals surface area contributed by atoms with E-state index in [1.54, 1.807) is 24.3 Å². The summed E-state index contributed by atoms with van der Waals surface area (Å²) in [6.07, 6.45) is 0.583. The van der Waals surface area contributed by atoms with Crippen LogP contribution in [0.1, 0.15) is 31.2 Å². The Morgan fingerprint density at radius 3 is 2.59 bits per heavy atom. The number of rotatable bonds is 11. The summed E-state index contributed by atoms with van der Waals surface area (Å²) in [5, 5.41) is 14.5. The number of hydrogen-bond acceptors (Lipinski definition) is 7. The maximum absolute atomic E-state index is 12.5. The van der Waals surface area contributed by atoms with Gasteiger partial charge < -0.3 is 31.2 Å². The summed E-state index contributed by atoms with van der Waals surface area (Å²) in [4.78, 5) is 61.0. The minimum Gasteiger partial charge on any atom is -0.444 e. The fourth-order valence-electron chi connectivity index (χ4n) is 3.21. The third-order valence-corrected chi connectivity index (χ3v) is 4.86. The van der Waals surface area contributed by atoms with Crippen molar-refractivity contribution in [2.24, 2.45) is 5.73 Å². The predicted octanol–water partition coefficient (Wildman–Crippen LogP) is -0.201. The Hall–Kier alpha value is -3.67. The molecule has 0 radical (unpaired) electrons. The number of carbonyl (C=O) groups is 5. The average Bonchev–Trinajstić information content (AvgIpc) is 3.19. The molecule has 1 aromatic carbocycles. The molecule has 13 heteroatoms. The van der Waals surface area contributed by atoms with Gasteiger partial charge in [0.05, 0.1) is 12.6 Å². The molecule has 12 nitrogen and oxygen atoms in total. The highest BCUT2D eigenvalue weighted by Gasteiger charge is 2.41. The Morgan fingerprint density at radius 2 is 1.94 bits per heavy atom. The molecule has 0 unspecified atom stereocenters. The second kappa shape index (κ2) is 14.5. The van der Waals surface area contributed by atoms with E-state index in [0.29, 0.717) is 25.7 Å². The SMILES string of the molecule is Cl.N=C(N)NCCC[C@@H](C=O)NC(=O)CNC(=O)[C@@H]1CCC(=O)N1C(=O)OCc1ccccc1. The van der Waals surface area contributed by atoms with Crippen molar-refractivity contribution in [2.75, 3.05) is 13.1 Å². The number of nitrogens with two attached hydrogens (primary N) is 1. The summed E-state index contributed by atoms with van der Waals surface area (Å²) in [6, 6.07) is 7.05. The highest BCUT2D eigenvalue weighted by atomic mass is 35.5. The van der Waals surface area contributed by atoms with Gasteiger partial charge in [0.2, 0.25) is 17.7 Å². The molecule has 1 aromatic rings. The van der Waals surface area contributed by atoms with Crippen molar-refractivity contribution in [1.82, 2.24) is 20.9 Å². The largest absolute Gasteiger partial charge is 0.444 e. The summed E-state index contributed by atoms with van der Waals surface area (Å²) in [5.74, 6) is -1.98. The first kappa shape index (κ1) is 28.4. The van der Waals surface area contributed by atoms with Crippen molar-refractivity contribution in [1.29, 1.82) is 5.41 Å². The van der Waals surface area contributed by atoms with Crippen molar-refractivity contribution in [3.05, 3.63) is 35.9 Å². The Bertz CT molecular complexity index is 884. The number of benzene rings is 1. The normalized spacial score (nSPS) is 15.5. The Kier molecular flexibility index (Phi) is 12.1. The van der Waals surface area contributed by atoms with Crippen LogP contribution < -0.4 is 21.7 Å². The molecular formula is C21H29ClN6O6. The molecule has 1 fully saturated rings. The smallest absolute Gasteiger partial charge is 0.417 e. The van der Waals surface area contributed by atoms with E-state index in [2.05, 4.69) is 16.0 Å². The number of nitrogens with one attached hydrogen (secondary N) is 4. The van der Waals surface area contributed by atoms with E-state index in [1.165, 1.54) is 0 Å². The van der Waals surface area contributed by atoms with Crippen LogP contribution in [0.15, 0.2) is 30.3 Å². The predicted molar refractivity (Wildman–Crippen MR) is 124 cm³/mol. The molecule has 1 aliphatic rings. The number of halogens is 1. The highest BCUT2D eigenvalue weighted by molar-refractivity contribution is 6.01. The minimum atomic E-state index is -1.08. The molecule has 0 bridgehead atoms. The summed E-state index contributed by atoms with van der Waals surface area (Å²) in [5.41, 5.74) is 5.90. The van der Waals surface area contributed by atoms with Gasteiger partial charge in [-0.05, 0) is 24.8 Å². The third-order valence-electron chi connectivity index (χ3n) is 4.86. The van der Waals surface area contributed by atoms with Gasteiger partial charge in [0.1, 0.15) is 18.9 Å². The molecule has 6 N–H and O–H groups in total. The number of nitrogens with zero attached hydrogens (tertiary/aromatic N) is 1. The fraction of sp³-hybridized carbons (Fsp3) is 0.429. The summed E-state index contributed by atoms with van der Waals surface area (Å²) in [6.45, 7) is -0.0973.